The first-order valence-corrected chi connectivity index (χ1v) is 11.8. The number of esters is 1. The number of hydrogen-bond acceptors (Lipinski definition) is 7. The lowest BCUT2D eigenvalue weighted by atomic mass is 10.1. The number of hydrogen-bond donors (Lipinski definition) is 1. The second kappa shape index (κ2) is 11.1. The summed E-state index contributed by atoms with van der Waals surface area (Å²) in [5.74, 6) is -0.125. The quantitative estimate of drug-likeness (QED) is 0.497. The van der Waals surface area contributed by atoms with Crippen molar-refractivity contribution in [1.82, 2.24) is 9.55 Å². The van der Waals surface area contributed by atoms with Crippen LogP contribution in [-0.4, -0.2) is 54.3 Å². The maximum absolute atomic E-state index is 13.5. The fourth-order valence-corrected chi connectivity index (χ4v) is 4.15. The minimum Gasteiger partial charge on any atom is -0.466 e. The van der Waals surface area contributed by atoms with Crippen LogP contribution >= 0.6 is 0 Å². The molecule has 0 bridgehead atoms. The SMILES string of the molecule is CCOC(=O)CCC(=O)Nc1cc2c(=O)n(Cc3ccccc3)c(C)nc2cc1N1CCOCC1. The van der Waals surface area contributed by atoms with Crippen LogP contribution in [0.15, 0.2) is 47.3 Å². The predicted molar refractivity (Wildman–Crippen MR) is 134 cm³/mol. The maximum atomic E-state index is 13.5. The Kier molecular flexibility index (Phi) is 7.77. The van der Waals surface area contributed by atoms with Gasteiger partial charge in [0.2, 0.25) is 5.91 Å². The van der Waals surface area contributed by atoms with E-state index in [-0.39, 0.29) is 30.9 Å². The fraction of sp³-hybridized carbons (Fsp3) is 0.385. The molecule has 0 radical (unpaired) electrons. The average Bonchev–Trinajstić information content (AvgIpc) is 2.87. The van der Waals surface area contributed by atoms with Crippen LogP contribution in [0.1, 0.15) is 31.2 Å². The molecule has 1 fully saturated rings. The number of amides is 1. The molecule has 4 rings (SSSR count). The van der Waals surface area contributed by atoms with Gasteiger partial charge in [0.1, 0.15) is 5.82 Å². The van der Waals surface area contributed by atoms with Gasteiger partial charge >= 0.3 is 5.97 Å². The van der Waals surface area contributed by atoms with Gasteiger partial charge in [-0.2, -0.15) is 0 Å². The lowest BCUT2D eigenvalue weighted by molar-refractivity contribution is -0.144. The number of aryl methyl sites for hydroxylation is 1. The Hall–Kier alpha value is -3.72. The largest absolute Gasteiger partial charge is 0.466 e. The molecule has 0 atom stereocenters. The van der Waals surface area contributed by atoms with Gasteiger partial charge in [0.15, 0.2) is 0 Å². The Morgan fingerprint density at radius 2 is 1.86 bits per heavy atom. The van der Waals surface area contributed by atoms with Gasteiger partial charge in [-0.05, 0) is 31.5 Å². The Morgan fingerprint density at radius 1 is 1.11 bits per heavy atom. The molecule has 1 amide bonds. The number of rotatable bonds is 8. The third-order valence-corrected chi connectivity index (χ3v) is 5.93. The highest BCUT2D eigenvalue weighted by Gasteiger charge is 2.20. The van der Waals surface area contributed by atoms with Crippen LogP contribution < -0.4 is 15.8 Å². The van der Waals surface area contributed by atoms with Crippen LogP contribution in [0.5, 0.6) is 0 Å². The van der Waals surface area contributed by atoms with E-state index >= 15 is 0 Å². The van der Waals surface area contributed by atoms with Crippen molar-refractivity contribution in [2.24, 2.45) is 0 Å². The van der Waals surface area contributed by atoms with Crippen molar-refractivity contribution in [3.8, 4) is 0 Å². The minimum absolute atomic E-state index is 0.00915. The number of ether oxygens (including phenoxy) is 2. The van der Waals surface area contributed by atoms with Gasteiger partial charge in [0.05, 0.1) is 55.1 Å². The molecule has 0 aliphatic carbocycles. The number of carbonyl (C=O) groups is 2. The van der Waals surface area contributed by atoms with E-state index in [1.54, 1.807) is 17.6 Å². The molecule has 1 aliphatic heterocycles. The number of carbonyl (C=O) groups excluding carboxylic acids is 2. The van der Waals surface area contributed by atoms with Gasteiger partial charge in [0, 0.05) is 19.5 Å². The molecule has 1 aromatic heterocycles. The number of anilines is 2. The van der Waals surface area contributed by atoms with Crippen LogP contribution in [0.25, 0.3) is 10.9 Å². The number of morpholine rings is 1. The van der Waals surface area contributed by atoms with Crippen LogP contribution in [0.3, 0.4) is 0 Å². The number of benzene rings is 2. The molecule has 0 saturated carbocycles. The number of nitrogens with zero attached hydrogens (tertiary/aromatic N) is 3. The summed E-state index contributed by atoms with van der Waals surface area (Å²) < 4.78 is 12.0. The zero-order valence-electron chi connectivity index (χ0n) is 20.1. The topological polar surface area (TPSA) is 103 Å². The number of fused-ring (bicyclic) bond motifs is 1. The summed E-state index contributed by atoms with van der Waals surface area (Å²) in [6.45, 7) is 6.67. The highest BCUT2D eigenvalue weighted by molar-refractivity contribution is 5.99. The van der Waals surface area contributed by atoms with Crippen molar-refractivity contribution in [2.75, 3.05) is 43.1 Å². The van der Waals surface area contributed by atoms with Gasteiger partial charge in [0.25, 0.3) is 5.56 Å². The van der Waals surface area contributed by atoms with Crippen molar-refractivity contribution in [3.05, 3.63) is 64.2 Å². The third-order valence-electron chi connectivity index (χ3n) is 5.93. The lowest BCUT2D eigenvalue weighted by Gasteiger charge is -2.31. The number of nitrogens with one attached hydrogen (secondary N) is 1. The van der Waals surface area contributed by atoms with Crippen LogP contribution in [0.2, 0.25) is 0 Å². The summed E-state index contributed by atoms with van der Waals surface area (Å²) >= 11 is 0. The second-order valence-electron chi connectivity index (χ2n) is 8.38. The normalized spacial score (nSPS) is 13.6. The number of aromatic nitrogens is 2. The highest BCUT2D eigenvalue weighted by Crippen LogP contribution is 2.31. The Morgan fingerprint density at radius 3 is 2.57 bits per heavy atom. The van der Waals surface area contributed by atoms with Gasteiger partial charge in [-0.15, -0.1) is 0 Å². The lowest BCUT2D eigenvalue weighted by Crippen LogP contribution is -2.37. The minimum atomic E-state index is -0.418. The molecule has 2 heterocycles. The van der Waals surface area contributed by atoms with Gasteiger partial charge < -0.3 is 19.7 Å². The zero-order valence-corrected chi connectivity index (χ0v) is 20.1. The summed E-state index contributed by atoms with van der Waals surface area (Å²) in [7, 11) is 0. The molecule has 9 heteroatoms. The van der Waals surface area contributed by atoms with E-state index in [2.05, 4.69) is 10.2 Å². The molecule has 9 nitrogen and oxygen atoms in total. The Bertz CT molecular complexity index is 1270. The smallest absolute Gasteiger partial charge is 0.306 e. The molecule has 35 heavy (non-hydrogen) atoms. The predicted octanol–water partition coefficient (Wildman–Crippen LogP) is 2.87. The first kappa shape index (κ1) is 24.4. The monoisotopic (exact) mass is 478 g/mol. The fourth-order valence-electron chi connectivity index (χ4n) is 4.15. The first-order valence-electron chi connectivity index (χ1n) is 11.8. The average molecular weight is 479 g/mol. The molecule has 0 unspecified atom stereocenters. The van der Waals surface area contributed by atoms with E-state index in [1.807, 2.05) is 43.3 Å². The summed E-state index contributed by atoms with van der Waals surface area (Å²) in [4.78, 5) is 44.7. The molecular formula is C26H30N4O5. The Labute approximate surface area is 203 Å². The molecule has 2 aromatic carbocycles. The van der Waals surface area contributed by atoms with Crippen molar-refractivity contribution in [3.63, 3.8) is 0 Å². The molecule has 184 valence electrons. The zero-order chi connectivity index (χ0) is 24.8. The molecule has 1 N–H and O–H groups in total. The van der Waals surface area contributed by atoms with Gasteiger partial charge in [-0.3, -0.25) is 19.0 Å². The molecule has 0 spiro atoms. The van der Waals surface area contributed by atoms with Crippen LogP contribution in [0, 0.1) is 6.92 Å². The van der Waals surface area contributed by atoms with E-state index in [9.17, 15) is 14.4 Å². The van der Waals surface area contributed by atoms with Gasteiger partial charge in [-0.1, -0.05) is 30.3 Å². The van der Waals surface area contributed by atoms with Crippen LogP contribution in [-0.2, 0) is 25.6 Å². The van der Waals surface area contributed by atoms with E-state index in [4.69, 9.17) is 14.5 Å². The van der Waals surface area contributed by atoms with E-state index in [1.165, 1.54) is 0 Å². The first-order chi connectivity index (χ1) is 17.0. The van der Waals surface area contributed by atoms with E-state index in [0.717, 1.165) is 11.3 Å². The van der Waals surface area contributed by atoms with Crippen molar-refractivity contribution >= 4 is 34.2 Å². The third kappa shape index (κ3) is 5.86. The summed E-state index contributed by atoms with van der Waals surface area (Å²) in [5.41, 5.74) is 2.69. The van der Waals surface area contributed by atoms with Crippen molar-refractivity contribution < 1.29 is 19.1 Å². The molecule has 3 aromatic rings. The van der Waals surface area contributed by atoms with E-state index < -0.39 is 5.97 Å². The molecule has 1 aliphatic rings. The highest BCUT2D eigenvalue weighted by atomic mass is 16.5. The summed E-state index contributed by atoms with van der Waals surface area (Å²) in [5, 5.41) is 3.32. The van der Waals surface area contributed by atoms with Crippen molar-refractivity contribution in [1.29, 1.82) is 0 Å². The maximum Gasteiger partial charge on any atom is 0.306 e. The standard InChI is InChI=1S/C26H30N4O5/c1-3-35-25(32)10-9-24(31)28-22-15-20-21(16-23(22)29-11-13-34-14-12-29)27-18(2)30(26(20)33)17-19-7-5-4-6-8-19/h4-8,15-16H,3,9-14,17H2,1-2H3,(H,28,31). The van der Waals surface area contributed by atoms with E-state index in [0.29, 0.717) is 55.3 Å². The molecular weight excluding hydrogens is 448 g/mol. The molecule has 1 saturated heterocycles. The summed E-state index contributed by atoms with van der Waals surface area (Å²) in [6, 6.07) is 13.3. The van der Waals surface area contributed by atoms with Crippen molar-refractivity contribution in [2.45, 2.75) is 33.2 Å². The Balaban J connectivity index is 1.71. The second-order valence-corrected chi connectivity index (χ2v) is 8.38. The summed E-state index contributed by atoms with van der Waals surface area (Å²) in [6.07, 6.45) is -0.0193. The van der Waals surface area contributed by atoms with Crippen LogP contribution in [0.4, 0.5) is 11.4 Å². The van der Waals surface area contributed by atoms with Gasteiger partial charge in [-0.25, -0.2) is 4.98 Å².